The van der Waals surface area contributed by atoms with Crippen LogP contribution >= 0.6 is 11.3 Å². The van der Waals surface area contributed by atoms with Crippen molar-refractivity contribution in [1.82, 2.24) is 9.97 Å². The van der Waals surface area contributed by atoms with E-state index in [-0.39, 0.29) is 5.91 Å². The van der Waals surface area contributed by atoms with E-state index in [4.69, 9.17) is 14.5 Å². The van der Waals surface area contributed by atoms with Gasteiger partial charge in [0.05, 0.1) is 22.5 Å². The van der Waals surface area contributed by atoms with E-state index in [2.05, 4.69) is 4.98 Å². The summed E-state index contributed by atoms with van der Waals surface area (Å²) in [5.74, 6) is 1.09. The van der Waals surface area contributed by atoms with Gasteiger partial charge in [0, 0.05) is 11.8 Å². The molecule has 0 fully saturated rings. The van der Waals surface area contributed by atoms with Crippen molar-refractivity contribution < 1.29 is 14.3 Å². The number of anilines is 1. The Hall–Kier alpha value is -3.45. The summed E-state index contributed by atoms with van der Waals surface area (Å²) in [6.45, 7) is 3.33. The number of fused-ring (bicyclic) bond motifs is 2. The number of nitrogens with zero attached hydrogens (tertiary/aromatic N) is 3. The molecule has 150 valence electrons. The highest BCUT2D eigenvalue weighted by Gasteiger charge is 2.24. The Labute approximate surface area is 177 Å². The van der Waals surface area contributed by atoms with Gasteiger partial charge in [0.25, 0.3) is 5.91 Å². The molecule has 0 spiro atoms. The summed E-state index contributed by atoms with van der Waals surface area (Å²) in [5.41, 5.74) is 3.31. The van der Waals surface area contributed by atoms with Crippen LogP contribution < -0.4 is 14.4 Å². The first-order valence-corrected chi connectivity index (χ1v) is 10.5. The van der Waals surface area contributed by atoms with Crippen LogP contribution in [0.15, 0.2) is 60.8 Å². The first-order chi connectivity index (χ1) is 14.7. The molecule has 0 aliphatic carbocycles. The molecule has 0 bridgehead atoms. The van der Waals surface area contributed by atoms with Crippen LogP contribution in [-0.4, -0.2) is 29.1 Å². The molecule has 0 N–H and O–H groups in total. The van der Waals surface area contributed by atoms with E-state index in [0.29, 0.717) is 42.0 Å². The van der Waals surface area contributed by atoms with E-state index in [0.717, 1.165) is 21.5 Å². The average Bonchev–Trinajstić information content (AvgIpc) is 3.23. The fraction of sp³-hybridized carbons (Fsp3) is 0.174. The highest BCUT2D eigenvalue weighted by Crippen LogP contribution is 2.34. The molecule has 0 atom stereocenters. The Balaban J connectivity index is 1.56. The third-order valence-corrected chi connectivity index (χ3v) is 5.96. The maximum atomic E-state index is 13.6. The number of ether oxygens (including phenoxy) is 2. The fourth-order valence-corrected chi connectivity index (χ4v) is 4.44. The Morgan fingerprint density at radius 2 is 1.93 bits per heavy atom. The Bertz CT molecular complexity index is 1220. The van der Waals surface area contributed by atoms with Gasteiger partial charge in [-0.3, -0.25) is 14.7 Å². The molecule has 0 unspecified atom stereocenters. The monoisotopic (exact) mass is 417 g/mol. The smallest absolute Gasteiger partial charge is 0.260 e. The zero-order valence-electron chi connectivity index (χ0n) is 16.4. The second kappa shape index (κ2) is 7.76. The van der Waals surface area contributed by atoms with Crippen LogP contribution in [0, 0.1) is 6.92 Å². The van der Waals surface area contributed by atoms with E-state index < -0.39 is 0 Å². The molecule has 6 nitrogen and oxygen atoms in total. The van der Waals surface area contributed by atoms with Crippen molar-refractivity contribution in [1.29, 1.82) is 0 Å². The molecule has 0 saturated carbocycles. The summed E-state index contributed by atoms with van der Waals surface area (Å²) in [6.07, 6.45) is 1.73. The van der Waals surface area contributed by atoms with Gasteiger partial charge < -0.3 is 9.47 Å². The second-order valence-electron chi connectivity index (χ2n) is 6.99. The minimum Gasteiger partial charge on any atom is -0.486 e. The normalized spacial score (nSPS) is 12.7. The van der Waals surface area contributed by atoms with E-state index in [9.17, 15) is 4.79 Å². The van der Waals surface area contributed by atoms with E-state index in [1.54, 1.807) is 29.3 Å². The molecule has 30 heavy (non-hydrogen) atoms. The van der Waals surface area contributed by atoms with Crippen molar-refractivity contribution in [2.75, 3.05) is 18.1 Å². The van der Waals surface area contributed by atoms with E-state index in [1.807, 2.05) is 43.3 Å². The standard InChI is InChI=1S/C23H19N3O3S/c1-15-5-4-7-20-21(15)25-23(30-20)26(14-17-6-2-3-10-24-17)22(27)16-8-9-18-19(13-16)29-12-11-28-18/h2-10,13H,11-12,14H2,1H3. The highest BCUT2D eigenvalue weighted by molar-refractivity contribution is 7.22. The summed E-state index contributed by atoms with van der Waals surface area (Å²) >= 11 is 1.50. The predicted octanol–water partition coefficient (Wildman–Crippen LogP) is 4.62. The minimum atomic E-state index is -0.158. The molecule has 3 heterocycles. The quantitative estimate of drug-likeness (QED) is 0.485. The Morgan fingerprint density at radius 1 is 1.07 bits per heavy atom. The number of hydrogen-bond donors (Lipinski definition) is 0. The van der Waals surface area contributed by atoms with Gasteiger partial charge in [-0.1, -0.05) is 29.5 Å². The van der Waals surface area contributed by atoms with Crippen LogP contribution in [0.2, 0.25) is 0 Å². The van der Waals surface area contributed by atoms with Gasteiger partial charge >= 0.3 is 0 Å². The van der Waals surface area contributed by atoms with Crippen LogP contribution in [0.1, 0.15) is 21.6 Å². The highest BCUT2D eigenvalue weighted by atomic mass is 32.1. The summed E-state index contributed by atoms with van der Waals surface area (Å²) in [7, 11) is 0. The van der Waals surface area contributed by atoms with Crippen molar-refractivity contribution in [2.24, 2.45) is 0 Å². The van der Waals surface area contributed by atoms with Crippen LogP contribution in [0.25, 0.3) is 10.2 Å². The lowest BCUT2D eigenvalue weighted by Crippen LogP contribution is -2.31. The number of carbonyl (C=O) groups is 1. The van der Waals surface area contributed by atoms with Crippen LogP contribution in [0.5, 0.6) is 11.5 Å². The zero-order valence-corrected chi connectivity index (χ0v) is 17.2. The van der Waals surface area contributed by atoms with Crippen molar-refractivity contribution >= 4 is 32.6 Å². The first kappa shape index (κ1) is 18.6. The SMILES string of the molecule is Cc1cccc2sc(N(Cc3ccccn3)C(=O)c3ccc4c(c3)OCCO4)nc12. The molecule has 5 rings (SSSR count). The molecule has 1 aliphatic heterocycles. The topological polar surface area (TPSA) is 64.6 Å². The average molecular weight is 417 g/mol. The Morgan fingerprint density at radius 3 is 2.73 bits per heavy atom. The number of rotatable bonds is 4. The number of amides is 1. The van der Waals surface area contributed by atoms with E-state index in [1.165, 1.54) is 11.3 Å². The fourth-order valence-electron chi connectivity index (χ4n) is 3.40. The maximum Gasteiger partial charge on any atom is 0.260 e. The largest absolute Gasteiger partial charge is 0.486 e. The number of carbonyl (C=O) groups excluding carboxylic acids is 1. The van der Waals surface area contributed by atoms with Gasteiger partial charge in [0.15, 0.2) is 16.6 Å². The van der Waals surface area contributed by atoms with Gasteiger partial charge in [0.2, 0.25) is 0 Å². The molecule has 1 aliphatic rings. The lowest BCUT2D eigenvalue weighted by Gasteiger charge is -2.22. The number of benzene rings is 2. The van der Waals surface area contributed by atoms with Gasteiger partial charge in [-0.2, -0.15) is 0 Å². The third-order valence-electron chi connectivity index (χ3n) is 4.92. The number of pyridine rings is 1. The first-order valence-electron chi connectivity index (χ1n) is 9.66. The molecular weight excluding hydrogens is 398 g/mol. The lowest BCUT2D eigenvalue weighted by atomic mass is 10.1. The summed E-state index contributed by atoms with van der Waals surface area (Å²) < 4.78 is 12.3. The summed E-state index contributed by atoms with van der Waals surface area (Å²) in [6, 6.07) is 17.0. The van der Waals surface area contributed by atoms with Crippen molar-refractivity contribution in [3.05, 3.63) is 77.6 Å². The molecule has 7 heteroatoms. The van der Waals surface area contributed by atoms with Crippen molar-refractivity contribution in [3.8, 4) is 11.5 Å². The zero-order chi connectivity index (χ0) is 20.5. The summed E-state index contributed by atoms with van der Waals surface area (Å²) in [4.78, 5) is 24.4. The van der Waals surface area contributed by atoms with Gasteiger partial charge in [-0.05, 0) is 48.9 Å². The molecule has 4 aromatic rings. The maximum absolute atomic E-state index is 13.6. The van der Waals surface area contributed by atoms with E-state index >= 15 is 0 Å². The number of aromatic nitrogens is 2. The molecule has 0 saturated heterocycles. The van der Waals surface area contributed by atoms with Crippen molar-refractivity contribution in [2.45, 2.75) is 13.5 Å². The molecule has 0 radical (unpaired) electrons. The van der Waals surface area contributed by atoms with Crippen LogP contribution in [0.3, 0.4) is 0 Å². The number of hydrogen-bond acceptors (Lipinski definition) is 6. The minimum absolute atomic E-state index is 0.158. The molecular formula is C23H19N3O3S. The number of para-hydroxylation sites is 1. The predicted molar refractivity (Wildman–Crippen MR) is 117 cm³/mol. The van der Waals surface area contributed by atoms with Gasteiger partial charge in [-0.25, -0.2) is 4.98 Å². The lowest BCUT2D eigenvalue weighted by molar-refractivity contribution is 0.0983. The summed E-state index contributed by atoms with van der Waals surface area (Å²) in [5, 5.41) is 0.643. The van der Waals surface area contributed by atoms with Crippen LogP contribution in [-0.2, 0) is 6.54 Å². The molecule has 2 aromatic heterocycles. The molecule has 1 amide bonds. The second-order valence-corrected chi connectivity index (χ2v) is 8.00. The third kappa shape index (κ3) is 3.48. The van der Waals surface area contributed by atoms with Gasteiger partial charge in [0.1, 0.15) is 13.2 Å². The number of thiazole rings is 1. The molecule has 2 aromatic carbocycles. The van der Waals surface area contributed by atoms with Crippen LogP contribution in [0.4, 0.5) is 5.13 Å². The van der Waals surface area contributed by atoms with Crippen molar-refractivity contribution in [3.63, 3.8) is 0 Å². The Kier molecular flexibility index (Phi) is 4.80. The number of aryl methyl sites for hydroxylation is 1. The van der Waals surface area contributed by atoms with Gasteiger partial charge in [-0.15, -0.1) is 0 Å².